The van der Waals surface area contributed by atoms with Gasteiger partial charge in [0.25, 0.3) is 17.4 Å². The van der Waals surface area contributed by atoms with Crippen molar-refractivity contribution in [2.75, 3.05) is 62.3 Å². The molecular formula is C45H42F5N7O5S. The fourth-order valence-electron chi connectivity index (χ4n) is 7.73. The van der Waals surface area contributed by atoms with Crippen molar-refractivity contribution in [1.29, 1.82) is 5.26 Å². The van der Waals surface area contributed by atoms with Crippen molar-refractivity contribution >= 4 is 51.3 Å². The summed E-state index contributed by atoms with van der Waals surface area (Å²) < 4.78 is 82.7. The van der Waals surface area contributed by atoms with Gasteiger partial charge in [-0.15, -0.1) is 0 Å². The molecule has 0 unspecified atom stereocenters. The maximum absolute atomic E-state index is 15.3. The lowest BCUT2D eigenvalue weighted by atomic mass is 10.0. The van der Waals surface area contributed by atoms with Gasteiger partial charge in [0, 0.05) is 75.9 Å². The van der Waals surface area contributed by atoms with Crippen molar-refractivity contribution in [1.82, 2.24) is 20.0 Å². The first-order valence-corrected chi connectivity index (χ1v) is 20.6. The molecule has 7 rings (SSSR count). The van der Waals surface area contributed by atoms with Crippen molar-refractivity contribution in [3.63, 3.8) is 0 Å². The minimum atomic E-state index is -4.85. The van der Waals surface area contributed by atoms with Gasteiger partial charge in [0.05, 0.1) is 46.1 Å². The topological polar surface area (TPSA) is 135 Å². The Bertz CT molecular complexity index is 2660. The predicted octanol–water partition coefficient (Wildman–Crippen LogP) is 7.23. The summed E-state index contributed by atoms with van der Waals surface area (Å²) >= 11 is 5.54. The molecule has 63 heavy (non-hydrogen) atoms. The summed E-state index contributed by atoms with van der Waals surface area (Å²) in [4.78, 5) is 45.2. The zero-order chi connectivity index (χ0) is 45.1. The average Bonchev–Trinajstić information content (AvgIpc) is 3.44. The number of ether oxygens (including phenoxy) is 2. The first-order chi connectivity index (χ1) is 30.1. The van der Waals surface area contributed by atoms with Crippen molar-refractivity contribution in [2.24, 2.45) is 0 Å². The lowest BCUT2D eigenvalue weighted by Crippen LogP contribution is -2.49. The molecule has 3 heterocycles. The van der Waals surface area contributed by atoms with Crippen LogP contribution in [0.4, 0.5) is 33.3 Å². The molecule has 5 aromatic rings. The fourth-order valence-corrected chi connectivity index (χ4v) is 8.25. The lowest BCUT2D eigenvalue weighted by molar-refractivity contribution is -0.137. The normalized spacial score (nSPS) is 15.6. The minimum absolute atomic E-state index is 0.00955. The van der Waals surface area contributed by atoms with Gasteiger partial charge in [-0.2, -0.15) is 23.5 Å². The van der Waals surface area contributed by atoms with Gasteiger partial charge in [-0.25, -0.2) is 13.9 Å². The number of rotatable bonds is 14. The number of carbonyl (C=O) groups is 2. The Morgan fingerprint density at radius 1 is 0.889 bits per heavy atom. The second-order valence-electron chi connectivity index (χ2n) is 15.6. The van der Waals surface area contributed by atoms with E-state index in [0.717, 1.165) is 30.0 Å². The number of nitriles is 1. The number of hydrogen-bond acceptors (Lipinski definition) is 9. The van der Waals surface area contributed by atoms with Crippen LogP contribution in [0.1, 0.15) is 59.4 Å². The highest BCUT2D eigenvalue weighted by Gasteiger charge is 2.51. The summed E-state index contributed by atoms with van der Waals surface area (Å²) in [6, 6.07) is 20.0. The molecule has 0 bridgehead atoms. The Morgan fingerprint density at radius 2 is 1.60 bits per heavy atom. The molecule has 2 fully saturated rings. The summed E-state index contributed by atoms with van der Waals surface area (Å²) in [5.74, 6) is -2.40. The van der Waals surface area contributed by atoms with Crippen LogP contribution in [-0.4, -0.2) is 95.0 Å². The maximum Gasteiger partial charge on any atom is 0.417 e. The Kier molecular flexibility index (Phi) is 13.2. The highest BCUT2D eigenvalue weighted by atomic mass is 32.1. The van der Waals surface area contributed by atoms with Gasteiger partial charge in [0.15, 0.2) is 16.7 Å². The lowest BCUT2D eigenvalue weighted by Gasteiger charge is -2.34. The van der Waals surface area contributed by atoms with Crippen molar-refractivity contribution in [3.8, 4) is 11.8 Å². The summed E-state index contributed by atoms with van der Waals surface area (Å²) in [6.45, 7) is 6.88. The van der Waals surface area contributed by atoms with Crippen LogP contribution in [0.3, 0.4) is 0 Å². The SMILES string of the molecule is CC1(C)C(=O)N(c2ccc(C#N)c(C(F)(F)F)c2)C(=S)N1c1ccc(OCCCOCCCN2CCN(C(=O)c3cc(Cc4n[nH]c(=O)c5ccccc45)ccc3F)CC2)c(F)c1. The average molecular weight is 888 g/mol. The van der Waals surface area contributed by atoms with Crippen LogP contribution in [0.15, 0.2) is 83.7 Å². The monoisotopic (exact) mass is 887 g/mol. The number of benzene rings is 4. The zero-order valence-corrected chi connectivity index (χ0v) is 35.1. The number of fused-ring (bicyclic) bond motifs is 1. The summed E-state index contributed by atoms with van der Waals surface area (Å²) in [6.07, 6.45) is -3.34. The van der Waals surface area contributed by atoms with Gasteiger partial charge in [-0.1, -0.05) is 24.3 Å². The van der Waals surface area contributed by atoms with Crippen LogP contribution in [0.25, 0.3) is 10.8 Å². The third kappa shape index (κ3) is 9.55. The highest BCUT2D eigenvalue weighted by Crippen LogP contribution is 2.40. The summed E-state index contributed by atoms with van der Waals surface area (Å²) in [5, 5.41) is 16.9. The molecule has 2 aliphatic rings. The van der Waals surface area contributed by atoms with Gasteiger partial charge in [-0.05, 0) is 86.6 Å². The number of alkyl halides is 3. The molecule has 1 N–H and O–H groups in total. The molecular weight excluding hydrogens is 846 g/mol. The predicted molar refractivity (Wildman–Crippen MR) is 229 cm³/mol. The van der Waals surface area contributed by atoms with E-state index < -0.39 is 40.4 Å². The number of halogens is 5. The van der Waals surface area contributed by atoms with Crippen LogP contribution < -0.4 is 20.1 Å². The van der Waals surface area contributed by atoms with Crippen LogP contribution in [0.5, 0.6) is 5.75 Å². The van der Waals surface area contributed by atoms with Gasteiger partial charge < -0.3 is 19.3 Å². The Morgan fingerprint density at radius 3 is 2.32 bits per heavy atom. The number of thiocarbonyl (C=S) groups is 1. The Hall–Kier alpha value is -6.29. The van der Waals surface area contributed by atoms with E-state index >= 15 is 4.39 Å². The minimum Gasteiger partial charge on any atom is -0.490 e. The van der Waals surface area contributed by atoms with Gasteiger partial charge in [0.1, 0.15) is 11.4 Å². The molecule has 4 aromatic carbocycles. The molecule has 0 aliphatic carbocycles. The molecule has 2 saturated heterocycles. The molecule has 0 spiro atoms. The van der Waals surface area contributed by atoms with Crippen molar-refractivity contribution in [2.45, 2.75) is 44.8 Å². The van der Waals surface area contributed by atoms with E-state index in [1.807, 2.05) is 12.1 Å². The number of hydrogen-bond donors (Lipinski definition) is 1. The zero-order valence-electron chi connectivity index (χ0n) is 34.3. The third-order valence-corrected chi connectivity index (χ3v) is 11.4. The van der Waals surface area contributed by atoms with Crippen LogP contribution in [0.2, 0.25) is 0 Å². The maximum atomic E-state index is 15.3. The van der Waals surface area contributed by atoms with E-state index in [-0.39, 0.29) is 45.9 Å². The quantitative estimate of drug-likeness (QED) is 0.0692. The van der Waals surface area contributed by atoms with E-state index in [2.05, 4.69) is 15.1 Å². The third-order valence-electron chi connectivity index (χ3n) is 11.0. The molecule has 2 aliphatic heterocycles. The van der Waals surface area contributed by atoms with Crippen molar-refractivity contribution in [3.05, 3.63) is 129 Å². The van der Waals surface area contributed by atoms with Gasteiger partial charge in [-0.3, -0.25) is 24.2 Å². The molecule has 0 atom stereocenters. The summed E-state index contributed by atoms with van der Waals surface area (Å²) in [5.41, 5.74) is -2.17. The van der Waals surface area contributed by atoms with E-state index in [1.54, 1.807) is 29.2 Å². The fraction of sp³-hybridized carbons (Fsp3) is 0.333. The standard InChI is InChI=1S/C45H42F5N7O5S/c1-44(2)42(60)56(30-11-10-29(27-51)35(25-30)45(48,49)50)43(63)57(44)31-12-14-39(37(47)26-31)62-22-6-21-61-20-5-15-54-16-18-55(19-17-54)41(59)34-23-28(9-13-36(34)46)24-38-32-7-3-4-8-33(32)40(58)53-52-38/h3-4,7-14,23,25-26H,5-6,15-22,24H2,1-2H3,(H,53,58). The molecule has 2 amide bonds. The van der Waals surface area contributed by atoms with E-state index in [1.165, 1.54) is 49.1 Å². The number of aromatic amines is 1. The molecule has 12 nitrogen and oxygen atoms in total. The van der Waals surface area contributed by atoms with Gasteiger partial charge in [0.2, 0.25) is 0 Å². The molecule has 0 radical (unpaired) electrons. The number of amides is 2. The van der Waals surface area contributed by atoms with Crippen molar-refractivity contribution < 1.29 is 41.0 Å². The van der Waals surface area contributed by atoms with Crippen LogP contribution in [0, 0.1) is 23.0 Å². The number of anilines is 2. The van der Waals surface area contributed by atoms with Crippen LogP contribution in [-0.2, 0) is 22.1 Å². The first kappa shape index (κ1) is 44.8. The Balaban J connectivity index is 0.827. The van der Waals surface area contributed by atoms with Crippen LogP contribution >= 0.6 is 12.2 Å². The molecule has 0 saturated carbocycles. The van der Waals surface area contributed by atoms with E-state index in [4.69, 9.17) is 21.7 Å². The molecule has 1 aromatic heterocycles. The number of piperazine rings is 1. The second-order valence-corrected chi connectivity index (χ2v) is 16.0. The van der Waals surface area contributed by atoms with E-state index in [0.29, 0.717) is 80.3 Å². The second kappa shape index (κ2) is 18.6. The number of nitrogens with zero attached hydrogens (tertiary/aromatic N) is 6. The highest BCUT2D eigenvalue weighted by molar-refractivity contribution is 7.81. The largest absolute Gasteiger partial charge is 0.490 e. The van der Waals surface area contributed by atoms with E-state index in [9.17, 15) is 37.2 Å². The van der Waals surface area contributed by atoms with Gasteiger partial charge >= 0.3 is 6.18 Å². The number of H-pyrrole nitrogens is 1. The number of carbonyl (C=O) groups excluding carboxylic acids is 2. The smallest absolute Gasteiger partial charge is 0.417 e. The number of aromatic nitrogens is 2. The molecule has 328 valence electrons. The number of nitrogens with one attached hydrogen (secondary N) is 1. The first-order valence-electron chi connectivity index (χ1n) is 20.1. The Labute approximate surface area is 364 Å². The molecule has 18 heteroatoms. The summed E-state index contributed by atoms with van der Waals surface area (Å²) in [7, 11) is 0.